The third kappa shape index (κ3) is 3.41. The molecule has 0 saturated carbocycles. The van der Waals surface area contributed by atoms with Crippen LogP contribution in [0.15, 0.2) is 30.3 Å². The third-order valence-corrected chi connectivity index (χ3v) is 3.34. The Morgan fingerprint density at radius 3 is 2.63 bits per heavy atom. The molecule has 2 aromatic rings. The molecule has 0 aliphatic rings. The summed E-state index contributed by atoms with van der Waals surface area (Å²) in [5, 5.41) is 3.25. The lowest BCUT2D eigenvalue weighted by Gasteiger charge is -2.12. The number of hydrogen-bond donors (Lipinski definition) is 0. The second kappa shape index (κ2) is 6.80. The van der Waals surface area contributed by atoms with E-state index < -0.39 is 0 Å². The van der Waals surface area contributed by atoms with Crippen LogP contribution in [0.2, 0.25) is 0 Å². The lowest BCUT2D eigenvalue weighted by Crippen LogP contribution is -1.99. The zero-order valence-electron chi connectivity index (χ0n) is 11.4. The van der Waals surface area contributed by atoms with Gasteiger partial charge in [0.25, 0.3) is 0 Å². The van der Waals surface area contributed by atoms with Gasteiger partial charge in [0.05, 0.1) is 13.2 Å². The summed E-state index contributed by atoms with van der Waals surface area (Å²) in [6.07, 6.45) is 1.02. The number of ether oxygens (including phenoxy) is 2. The summed E-state index contributed by atoms with van der Waals surface area (Å²) in [6.45, 7) is 5.65. The number of fused-ring (bicyclic) bond motifs is 1. The van der Waals surface area contributed by atoms with E-state index in [1.165, 1.54) is 16.3 Å². The van der Waals surface area contributed by atoms with E-state index in [1.807, 2.05) is 12.1 Å². The molecule has 0 heterocycles. The number of halogens is 1. The topological polar surface area (TPSA) is 18.5 Å². The molecular formula is C16H19BrO2. The molecule has 2 rings (SSSR count). The summed E-state index contributed by atoms with van der Waals surface area (Å²) in [7, 11) is 0. The van der Waals surface area contributed by atoms with E-state index in [1.54, 1.807) is 0 Å². The Morgan fingerprint density at radius 1 is 1.05 bits per heavy atom. The van der Waals surface area contributed by atoms with E-state index >= 15 is 0 Å². The molecule has 0 spiro atoms. The zero-order chi connectivity index (χ0) is 13.7. The van der Waals surface area contributed by atoms with Crippen LogP contribution >= 0.6 is 15.9 Å². The second-order valence-electron chi connectivity index (χ2n) is 4.46. The predicted octanol–water partition coefficient (Wildman–Crippen LogP) is 4.71. The van der Waals surface area contributed by atoms with Gasteiger partial charge in [0.1, 0.15) is 11.5 Å². The van der Waals surface area contributed by atoms with Gasteiger partial charge < -0.3 is 9.47 Å². The maximum Gasteiger partial charge on any atom is 0.122 e. The van der Waals surface area contributed by atoms with Gasteiger partial charge in [-0.3, -0.25) is 0 Å². The summed E-state index contributed by atoms with van der Waals surface area (Å²) >= 11 is 3.37. The van der Waals surface area contributed by atoms with Gasteiger partial charge in [0.15, 0.2) is 0 Å². The van der Waals surface area contributed by atoms with Gasteiger partial charge >= 0.3 is 0 Å². The van der Waals surface area contributed by atoms with E-state index in [9.17, 15) is 0 Å². The molecule has 2 aromatic carbocycles. The Balaban J connectivity index is 2.30. The van der Waals surface area contributed by atoms with Crippen LogP contribution in [0.25, 0.3) is 10.8 Å². The average molecular weight is 323 g/mol. The highest BCUT2D eigenvalue weighted by molar-refractivity contribution is 9.09. The van der Waals surface area contributed by atoms with Crippen LogP contribution in [0.1, 0.15) is 18.9 Å². The molecule has 3 heteroatoms. The van der Waals surface area contributed by atoms with Crippen molar-refractivity contribution < 1.29 is 9.47 Å². The monoisotopic (exact) mass is 322 g/mol. The lowest BCUT2D eigenvalue weighted by atomic mass is 10.0. The second-order valence-corrected chi connectivity index (χ2v) is 5.25. The Morgan fingerprint density at radius 2 is 1.89 bits per heavy atom. The highest BCUT2D eigenvalue weighted by Gasteiger charge is 2.05. The fourth-order valence-corrected chi connectivity index (χ4v) is 2.22. The number of hydrogen-bond acceptors (Lipinski definition) is 2. The first-order valence-electron chi connectivity index (χ1n) is 6.61. The molecule has 0 saturated heterocycles. The standard InChI is InChI=1S/C16H19BrO2/c1-3-9-18-14-5-6-15-12(2)16(19-10-8-17)7-4-13(15)11-14/h4-7,11H,3,8-10H2,1-2H3. The van der Waals surface area contributed by atoms with E-state index in [4.69, 9.17) is 9.47 Å². The number of alkyl halides is 1. The molecular weight excluding hydrogens is 304 g/mol. The molecule has 0 N–H and O–H groups in total. The normalized spacial score (nSPS) is 10.7. The maximum atomic E-state index is 5.71. The van der Waals surface area contributed by atoms with Gasteiger partial charge in [-0.25, -0.2) is 0 Å². The van der Waals surface area contributed by atoms with Crippen molar-refractivity contribution in [2.45, 2.75) is 20.3 Å². The molecule has 0 atom stereocenters. The van der Waals surface area contributed by atoms with Crippen LogP contribution in [-0.4, -0.2) is 18.5 Å². The van der Waals surface area contributed by atoms with Crippen LogP contribution in [0.4, 0.5) is 0 Å². The first-order valence-corrected chi connectivity index (χ1v) is 7.73. The van der Waals surface area contributed by atoms with Gasteiger partial charge in [-0.05, 0) is 47.9 Å². The minimum atomic E-state index is 0.685. The summed E-state index contributed by atoms with van der Waals surface area (Å²) in [5.74, 6) is 1.89. The molecule has 0 fully saturated rings. The quantitative estimate of drug-likeness (QED) is 0.717. The Hall–Kier alpha value is -1.22. The molecule has 19 heavy (non-hydrogen) atoms. The van der Waals surface area contributed by atoms with Crippen LogP contribution in [0.5, 0.6) is 11.5 Å². The average Bonchev–Trinajstić information content (AvgIpc) is 2.44. The molecule has 0 bridgehead atoms. The van der Waals surface area contributed by atoms with E-state index in [2.05, 4.69) is 48.0 Å². The van der Waals surface area contributed by atoms with Crippen molar-refractivity contribution >= 4 is 26.7 Å². The van der Waals surface area contributed by atoms with E-state index in [0.29, 0.717) is 6.61 Å². The third-order valence-electron chi connectivity index (χ3n) is 3.02. The molecule has 0 aliphatic heterocycles. The molecule has 0 radical (unpaired) electrons. The van der Waals surface area contributed by atoms with Gasteiger partial charge in [-0.15, -0.1) is 0 Å². The fraction of sp³-hybridized carbons (Fsp3) is 0.375. The van der Waals surface area contributed by atoms with Crippen molar-refractivity contribution in [1.82, 2.24) is 0 Å². The SMILES string of the molecule is CCCOc1ccc2c(C)c(OCCBr)ccc2c1. The summed E-state index contributed by atoms with van der Waals surface area (Å²) in [6, 6.07) is 10.3. The largest absolute Gasteiger partial charge is 0.494 e. The zero-order valence-corrected chi connectivity index (χ0v) is 13.0. The van der Waals surface area contributed by atoms with Gasteiger partial charge in [-0.1, -0.05) is 35.0 Å². The summed E-state index contributed by atoms with van der Waals surface area (Å²) in [5.41, 5.74) is 1.18. The van der Waals surface area contributed by atoms with Crippen molar-refractivity contribution in [2.24, 2.45) is 0 Å². The minimum absolute atomic E-state index is 0.685. The highest BCUT2D eigenvalue weighted by atomic mass is 79.9. The smallest absolute Gasteiger partial charge is 0.122 e. The predicted molar refractivity (Wildman–Crippen MR) is 83.8 cm³/mol. The minimum Gasteiger partial charge on any atom is -0.494 e. The Bertz CT molecular complexity index is 552. The first-order chi connectivity index (χ1) is 9.26. The van der Waals surface area contributed by atoms with E-state index in [0.717, 1.165) is 29.9 Å². The van der Waals surface area contributed by atoms with Crippen LogP contribution in [0.3, 0.4) is 0 Å². The fourth-order valence-electron chi connectivity index (χ4n) is 2.06. The van der Waals surface area contributed by atoms with Crippen LogP contribution < -0.4 is 9.47 Å². The maximum absolute atomic E-state index is 5.71. The molecule has 0 aromatic heterocycles. The number of rotatable bonds is 6. The number of aryl methyl sites for hydroxylation is 1. The Labute approximate surface area is 122 Å². The van der Waals surface area contributed by atoms with E-state index in [-0.39, 0.29) is 0 Å². The van der Waals surface area contributed by atoms with Gasteiger partial charge in [0.2, 0.25) is 0 Å². The summed E-state index contributed by atoms with van der Waals surface area (Å²) in [4.78, 5) is 0. The van der Waals surface area contributed by atoms with Gasteiger partial charge in [0, 0.05) is 5.33 Å². The van der Waals surface area contributed by atoms with Crippen LogP contribution in [-0.2, 0) is 0 Å². The number of benzene rings is 2. The Kier molecular flexibility index (Phi) is 5.08. The molecule has 0 aliphatic carbocycles. The lowest BCUT2D eigenvalue weighted by molar-refractivity contribution is 0.318. The highest BCUT2D eigenvalue weighted by Crippen LogP contribution is 2.29. The van der Waals surface area contributed by atoms with Crippen molar-refractivity contribution in [3.05, 3.63) is 35.9 Å². The van der Waals surface area contributed by atoms with Crippen molar-refractivity contribution in [3.8, 4) is 11.5 Å². The van der Waals surface area contributed by atoms with Gasteiger partial charge in [-0.2, -0.15) is 0 Å². The molecule has 0 amide bonds. The molecule has 2 nitrogen and oxygen atoms in total. The van der Waals surface area contributed by atoms with Crippen molar-refractivity contribution in [3.63, 3.8) is 0 Å². The molecule has 0 unspecified atom stereocenters. The van der Waals surface area contributed by atoms with Crippen molar-refractivity contribution in [2.75, 3.05) is 18.5 Å². The summed E-state index contributed by atoms with van der Waals surface area (Å²) < 4.78 is 11.4. The molecule has 102 valence electrons. The van der Waals surface area contributed by atoms with Crippen LogP contribution in [0, 0.1) is 6.92 Å². The van der Waals surface area contributed by atoms with Crippen molar-refractivity contribution in [1.29, 1.82) is 0 Å². The first kappa shape index (κ1) is 14.2.